The van der Waals surface area contributed by atoms with E-state index in [1.54, 1.807) is 12.2 Å². The maximum atomic E-state index is 12.8. The normalized spacial score (nSPS) is 19.4. The van der Waals surface area contributed by atoms with Crippen molar-refractivity contribution in [2.45, 2.75) is 17.4 Å². The van der Waals surface area contributed by atoms with Crippen LogP contribution in [0, 0.1) is 11.8 Å². The number of hydrogen-bond acceptors (Lipinski definition) is 3. The van der Waals surface area contributed by atoms with Crippen molar-refractivity contribution in [2.75, 3.05) is 18.4 Å². The van der Waals surface area contributed by atoms with Gasteiger partial charge < -0.3 is 16.0 Å². The molecule has 0 heterocycles. The SMILES string of the molecule is C=C(/C=C(Cl)\C=C(/C)Cl)C1C(C(=O)Nc2ccc(Cl)c(C(=O)NCC(=O)NCC(F)(F)F)c2)C1(Cl)Cl. The predicted octanol–water partition coefficient (Wildman–Crippen LogP) is 5.93. The molecule has 0 aromatic heterocycles. The summed E-state index contributed by atoms with van der Waals surface area (Å²) in [5.41, 5.74) is 0.431. The van der Waals surface area contributed by atoms with Gasteiger partial charge >= 0.3 is 6.18 Å². The van der Waals surface area contributed by atoms with Gasteiger partial charge in [-0.2, -0.15) is 13.2 Å². The number of rotatable bonds is 9. The summed E-state index contributed by atoms with van der Waals surface area (Å²) in [6, 6.07) is 3.95. The lowest BCUT2D eigenvalue weighted by Gasteiger charge is -2.11. The molecule has 3 N–H and O–H groups in total. The Labute approximate surface area is 229 Å². The zero-order valence-electron chi connectivity index (χ0n) is 18.4. The summed E-state index contributed by atoms with van der Waals surface area (Å²) in [5, 5.41) is 7.03. The van der Waals surface area contributed by atoms with Gasteiger partial charge in [-0.25, -0.2) is 0 Å². The van der Waals surface area contributed by atoms with Crippen LogP contribution in [0.2, 0.25) is 5.02 Å². The summed E-state index contributed by atoms with van der Waals surface area (Å²) in [6.45, 7) is 3.24. The van der Waals surface area contributed by atoms with Gasteiger partial charge in [0.05, 0.1) is 23.0 Å². The van der Waals surface area contributed by atoms with E-state index in [2.05, 4.69) is 17.2 Å². The number of nitrogens with one attached hydrogen (secondary N) is 3. The first kappa shape index (κ1) is 30.3. The van der Waals surface area contributed by atoms with Crippen molar-refractivity contribution >= 4 is 81.4 Å². The van der Waals surface area contributed by atoms with E-state index in [4.69, 9.17) is 58.0 Å². The maximum Gasteiger partial charge on any atom is 0.405 e. The molecule has 2 unspecified atom stereocenters. The van der Waals surface area contributed by atoms with Crippen molar-refractivity contribution in [2.24, 2.45) is 11.8 Å². The van der Waals surface area contributed by atoms with E-state index in [9.17, 15) is 27.6 Å². The van der Waals surface area contributed by atoms with Crippen LogP contribution >= 0.6 is 58.0 Å². The van der Waals surface area contributed by atoms with Gasteiger partial charge in [-0.3, -0.25) is 14.4 Å². The number of alkyl halides is 5. The molecule has 0 spiro atoms. The minimum atomic E-state index is -4.59. The summed E-state index contributed by atoms with van der Waals surface area (Å²) in [7, 11) is 0. The molecule has 1 aromatic carbocycles. The van der Waals surface area contributed by atoms with Crippen LogP contribution in [0.1, 0.15) is 17.3 Å². The first-order chi connectivity index (χ1) is 16.5. The zero-order chi connectivity index (χ0) is 27.4. The van der Waals surface area contributed by atoms with Gasteiger partial charge in [0.2, 0.25) is 11.8 Å². The summed E-state index contributed by atoms with van der Waals surface area (Å²) in [4.78, 5) is 36.7. The molecule has 3 amide bonds. The average Bonchev–Trinajstić information content (AvgIpc) is 3.33. The van der Waals surface area contributed by atoms with Gasteiger partial charge in [0, 0.05) is 21.7 Å². The van der Waals surface area contributed by atoms with Gasteiger partial charge in [-0.1, -0.05) is 41.4 Å². The highest BCUT2D eigenvalue weighted by Gasteiger charge is 2.67. The van der Waals surface area contributed by atoms with Crippen LogP contribution < -0.4 is 16.0 Å². The second-order valence-electron chi connectivity index (χ2n) is 7.72. The molecule has 196 valence electrons. The van der Waals surface area contributed by atoms with Crippen molar-refractivity contribution in [3.05, 3.63) is 63.2 Å². The fraction of sp³-hybridized carbons (Fsp3) is 0.318. The Morgan fingerprint density at radius 1 is 1.11 bits per heavy atom. The van der Waals surface area contributed by atoms with Crippen LogP contribution in [-0.4, -0.2) is 41.3 Å². The van der Waals surface area contributed by atoms with Crippen LogP contribution in [0.3, 0.4) is 0 Å². The Morgan fingerprint density at radius 2 is 1.75 bits per heavy atom. The molecule has 14 heteroatoms. The first-order valence-electron chi connectivity index (χ1n) is 10.0. The van der Waals surface area contributed by atoms with E-state index in [1.807, 2.05) is 0 Å². The lowest BCUT2D eigenvalue weighted by Crippen LogP contribution is -2.40. The number of benzene rings is 1. The van der Waals surface area contributed by atoms with Crippen molar-refractivity contribution in [3.8, 4) is 0 Å². The third kappa shape index (κ3) is 8.59. The van der Waals surface area contributed by atoms with Gasteiger partial charge in [0.15, 0.2) is 0 Å². The largest absolute Gasteiger partial charge is 0.405 e. The molecular formula is C22H19Cl5F3N3O3. The van der Waals surface area contributed by atoms with Crippen molar-refractivity contribution in [1.82, 2.24) is 10.6 Å². The van der Waals surface area contributed by atoms with Gasteiger partial charge in [-0.05, 0) is 42.8 Å². The first-order valence-corrected chi connectivity index (χ1v) is 11.9. The van der Waals surface area contributed by atoms with E-state index < -0.39 is 53.2 Å². The monoisotopic (exact) mass is 605 g/mol. The molecule has 36 heavy (non-hydrogen) atoms. The highest BCUT2D eigenvalue weighted by molar-refractivity contribution is 6.53. The Kier molecular flexibility index (Phi) is 10.2. The van der Waals surface area contributed by atoms with Gasteiger partial charge in [0.1, 0.15) is 10.9 Å². The number of carbonyl (C=O) groups excluding carboxylic acids is 3. The number of amides is 3. The summed E-state index contributed by atoms with van der Waals surface area (Å²) >= 11 is 30.4. The van der Waals surface area contributed by atoms with E-state index in [1.165, 1.54) is 30.4 Å². The number of halogens is 8. The lowest BCUT2D eigenvalue weighted by atomic mass is 10.1. The maximum absolute atomic E-state index is 12.8. The minimum Gasteiger partial charge on any atom is -0.345 e. The molecule has 1 aliphatic carbocycles. The van der Waals surface area contributed by atoms with Crippen LogP contribution in [-0.2, 0) is 9.59 Å². The number of hydrogen-bond donors (Lipinski definition) is 3. The van der Waals surface area contributed by atoms with E-state index >= 15 is 0 Å². The van der Waals surface area contributed by atoms with Crippen LogP contribution in [0.15, 0.2) is 52.6 Å². The van der Waals surface area contributed by atoms with Gasteiger partial charge in [-0.15, -0.1) is 23.2 Å². The standard InChI is InChI=1S/C22H19Cl5F3N3O3/c1-10(5-12(24)6-11(2)23)17-18(22(17,26)27)20(36)33-13-3-4-15(25)14(7-13)19(35)31-8-16(34)32-9-21(28,29)30/h3-7,17-18H,1,8-9H2,2H3,(H,31,35)(H,32,34)(H,33,36)/b11-6+,12-5+. The van der Waals surface area contributed by atoms with E-state index in [-0.39, 0.29) is 21.3 Å². The molecule has 0 aliphatic heterocycles. The Bertz CT molecular complexity index is 1130. The van der Waals surface area contributed by atoms with Crippen molar-refractivity contribution < 1.29 is 27.6 Å². The van der Waals surface area contributed by atoms with Crippen LogP contribution in [0.5, 0.6) is 0 Å². The fourth-order valence-corrected chi connectivity index (χ4v) is 4.66. The van der Waals surface area contributed by atoms with Crippen molar-refractivity contribution in [3.63, 3.8) is 0 Å². The highest BCUT2D eigenvalue weighted by atomic mass is 35.5. The number of carbonyl (C=O) groups is 3. The third-order valence-corrected chi connectivity index (χ3v) is 6.37. The van der Waals surface area contributed by atoms with E-state index in [0.717, 1.165) is 0 Å². The van der Waals surface area contributed by atoms with Crippen LogP contribution in [0.4, 0.5) is 18.9 Å². The molecule has 1 aliphatic rings. The Balaban J connectivity index is 2.05. The Hall–Kier alpha value is -1.91. The summed E-state index contributed by atoms with van der Waals surface area (Å²) in [5.74, 6) is -4.00. The lowest BCUT2D eigenvalue weighted by molar-refractivity contribution is -0.137. The summed E-state index contributed by atoms with van der Waals surface area (Å²) in [6.07, 6.45) is -1.62. The molecule has 0 bridgehead atoms. The predicted molar refractivity (Wildman–Crippen MR) is 136 cm³/mol. The zero-order valence-corrected chi connectivity index (χ0v) is 22.2. The molecular weight excluding hydrogens is 589 g/mol. The molecule has 1 fully saturated rings. The number of allylic oxidation sites excluding steroid dienone is 5. The molecule has 0 saturated heterocycles. The third-order valence-electron chi connectivity index (χ3n) is 4.77. The van der Waals surface area contributed by atoms with Crippen LogP contribution in [0.25, 0.3) is 0 Å². The second-order valence-corrected chi connectivity index (χ2v) is 10.6. The highest BCUT2D eigenvalue weighted by Crippen LogP contribution is 2.62. The molecule has 1 aromatic rings. The summed E-state index contributed by atoms with van der Waals surface area (Å²) < 4.78 is 35.1. The van der Waals surface area contributed by atoms with E-state index in [0.29, 0.717) is 10.6 Å². The molecule has 2 atom stereocenters. The molecule has 0 radical (unpaired) electrons. The fourth-order valence-electron chi connectivity index (χ4n) is 3.13. The average molecular weight is 608 g/mol. The quantitative estimate of drug-likeness (QED) is 0.240. The second kappa shape index (κ2) is 12.1. The number of anilines is 1. The topological polar surface area (TPSA) is 87.3 Å². The van der Waals surface area contributed by atoms with Crippen molar-refractivity contribution in [1.29, 1.82) is 0 Å². The molecule has 2 rings (SSSR count). The van der Waals surface area contributed by atoms with Gasteiger partial charge in [0.25, 0.3) is 5.91 Å². The smallest absolute Gasteiger partial charge is 0.345 e. The Morgan fingerprint density at radius 3 is 2.33 bits per heavy atom. The minimum absolute atomic E-state index is 0.0228. The molecule has 6 nitrogen and oxygen atoms in total. The molecule has 1 saturated carbocycles.